The van der Waals surface area contributed by atoms with E-state index in [1.807, 2.05) is 12.1 Å². The van der Waals surface area contributed by atoms with Crippen LogP contribution in [0.5, 0.6) is 11.5 Å². The van der Waals surface area contributed by atoms with Crippen molar-refractivity contribution in [1.29, 1.82) is 0 Å². The van der Waals surface area contributed by atoms with E-state index >= 15 is 0 Å². The molecule has 2 aliphatic rings. The molecule has 104 valence electrons. The number of halogens is 1. The minimum Gasteiger partial charge on any atom is -0.497 e. The average molecular weight is 325 g/mol. The first-order valence-electron chi connectivity index (χ1n) is 7.09. The zero-order chi connectivity index (χ0) is 13.4. The van der Waals surface area contributed by atoms with E-state index in [4.69, 9.17) is 9.47 Å². The van der Waals surface area contributed by atoms with Gasteiger partial charge in [0.15, 0.2) is 0 Å². The molecule has 0 heterocycles. The predicted octanol–water partition coefficient (Wildman–Crippen LogP) is 4.58. The first kappa shape index (κ1) is 13.3. The van der Waals surface area contributed by atoms with Gasteiger partial charge in [0.1, 0.15) is 11.5 Å². The molecule has 0 aromatic heterocycles. The summed E-state index contributed by atoms with van der Waals surface area (Å²) < 4.78 is 10.8. The van der Waals surface area contributed by atoms with Gasteiger partial charge in [-0.1, -0.05) is 28.4 Å². The number of hydrogen-bond acceptors (Lipinski definition) is 2. The average Bonchev–Trinajstić information content (AvgIpc) is 3.08. The highest BCUT2D eigenvalue weighted by atomic mass is 79.9. The number of fused-ring (bicyclic) bond motifs is 2. The van der Waals surface area contributed by atoms with Crippen molar-refractivity contribution in [3.05, 3.63) is 23.8 Å². The molecule has 0 spiro atoms. The fraction of sp³-hybridized carbons (Fsp3) is 0.625. The van der Waals surface area contributed by atoms with Crippen molar-refractivity contribution in [2.24, 2.45) is 17.8 Å². The normalized spacial score (nSPS) is 30.4. The van der Waals surface area contributed by atoms with Gasteiger partial charge in [0.25, 0.3) is 0 Å². The fourth-order valence-corrected chi connectivity index (χ4v) is 4.95. The van der Waals surface area contributed by atoms with Crippen LogP contribution < -0.4 is 9.47 Å². The molecule has 2 fully saturated rings. The van der Waals surface area contributed by atoms with E-state index in [0.717, 1.165) is 29.3 Å². The summed E-state index contributed by atoms with van der Waals surface area (Å²) >= 11 is 3.93. The predicted molar refractivity (Wildman–Crippen MR) is 80.2 cm³/mol. The van der Waals surface area contributed by atoms with Crippen LogP contribution in [0.2, 0.25) is 0 Å². The summed E-state index contributed by atoms with van der Waals surface area (Å²) in [6.07, 6.45) is 5.66. The van der Waals surface area contributed by atoms with Crippen LogP contribution in [0.15, 0.2) is 18.2 Å². The first-order chi connectivity index (χ1) is 9.22. The van der Waals surface area contributed by atoms with Crippen molar-refractivity contribution in [1.82, 2.24) is 0 Å². The quantitative estimate of drug-likeness (QED) is 0.755. The lowest BCUT2D eigenvalue weighted by Gasteiger charge is -2.28. The van der Waals surface area contributed by atoms with Gasteiger partial charge in [-0.05, 0) is 43.1 Å². The third kappa shape index (κ3) is 2.37. The smallest absolute Gasteiger partial charge is 0.126 e. The minimum absolute atomic E-state index is 0.406. The van der Waals surface area contributed by atoms with Crippen LogP contribution in [0.25, 0.3) is 0 Å². The molecule has 3 rings (SSSR count). The maximum absolute atomic E-state index is 5.54. The standard InChI is InChI=1S/C16H21BrO2/c1-18-12-5-6-13(15(9-12)19-2)16(17)14-8-10-3-4-11(14)7-10/h5-6,9-11,14,16H,3-4,7-8H2,1-2H3. The number of hydrogen-bond donors (Lipinski definition) is 0. The zero-order valence-corrected chi connectivity index (χ0v) is 13.2. The summed E-state index contributed by atoms with van der Waals surface area (Å²) in [6, 6.07) is 6.15. The SMILES string of the molecule is COc1ccc(C(Br)C2CC3CCC2C3)c(OC)c1. The maximum Gasteiger partial charge on any atom is 0.126 e. The molecule has 2 bridgehead atoms. The van der Waals surface area contributed by atoms with Crippen molar-refractivity contribution in [2.75, 3.05) is 14.2 Å². The lowest BCUT2D eigenvalue weighted by atomic mass is 9.84. The number of ether oxygens (including phenoxy) is 2. The van der Waals surface area contributed by atoms with E-state index in [9.17, 15) is 0 Å². The molecule has 0 N–H and O–H groups in total. The van der Waals surface area contributed by atoms with Crippen LogP contribution in [0.1, 0.15) is 36.1 Å². The van der Waals surface area contributed by atoms with Gasteiger partial charge in [0.2, 0.25) is 0 Å². The van der Waals surface area contributed by atoms with E-state index in [1.165, 1.54) is 31.2 Å². The van der Waals surface area contributed by atoms with Gasteiger partial charge in [-0.25, -0.2) is 0 Å². The summed E-state index contributed by atoms with van der Waals surface area (Å²) in [6.45, 7) is 0. The topological polar surface area (TPSA) is 18.5 Å². The zero-order valence-electron chi connectivity index (χ0n) is 11.6. The number of benzene rings is 1. The van der Waals surface area contributed by atoms with Crippen LogP contribution in [-0.2, 0) is 0 Å². The third-order valence-corrected chi connectivity index (χ3v) is 6.08. The molecule has 1 aromatic rings. The van der Waals surface area contributed by atoms with Crippen LogP contribution in [0.3, 0.4) is 0 Å². The van der Waals surface area contributed by atoms with E-state index in [-0.39, 0.29) is 0 Å². The fourth-order valence-electron chi connectivity index (χ4n) is 3.93. The van der Waals surface area contributed by atoms with Crippen LogP contribution >= 0.6 is 15.9 Å². The highest BCUT2D eigenvalue weighted by molar-refractivity contribution is 9.09. The molecule has 0 aliphatic heterocycles. The van der Waals surface area contributed by atoms with Crippen molar-refractivity contribution in [2.45, 2.75) is 30.5 Å². The van der Waals surface area contributed by atoms with Crippen LogP contribution in [0, 0.1) is 17.8 Å². The Labute approximate surface area is 123 Å². The molecule has 3 heteroatoms. The van der Waals surface area contributed by atoms with Gasteiger partial charge in [-0.2, -0.15) is 0 Å². The molecule has 4 unspecified atom stereocenters. The second-order valence-electron chi connectivity index (χ2n) is 5.85. The highest BCUT2D eigenvalue weighted by Gasteiger charge is 2.43. The lowest BCUT2D eigenvalue weighted by molar-refractivity contribution is 0.323. The van der Waals surface area contributed by atoms with Crippen molar-refractivity contribution >= 4 is 15.9 Å². The Morgan fingerprint density at radius 1 is 1.16 bits per heavy atom. The van der Waals surface area contributed by atoms with Crippen molar-refractivity contribution < 1.29 is 9.47 Å². The second-order valence-corrected chi connectivity index (χ2v) is 6.83. The Balaban J connectivity index is 1.85. The molecule has 0 radical (unpaired) electrons. The first-order valence-corrected chi connectivity index (χ1v) is 8.00. The van der Waals surface area contributed by atoms with Gasteiger partial charge in [-0.3, -0.25) is 0 Å². The Morgan fingerprint density at radius 2 is 2.00 bits per heavy atom. The highest BCUT2D eigenvalue weighted by Crippen LogP contribution is 2.55. The summed E-state index contributed by atoms with van der Waals surface area (Å²) in [5.74, 6) is 4.43. The molecule has 0 saturated heterocycles. The monoisotopic (exact) mass is 324 g/mol. The Bertz CT molecular complexity index is 460. The largest absolute Gasteiger partial charge is 0.497 e. The molecule has 19 heavy (non-hydrogen) atoms. The summed E-state index contributed by atoms with van der Waals surface area (Å²) in [4.78, 5) is 0.406. The van der Waals surface area contributed by atoms with Crippen molar-refractivity contribution in [3.63, 3.8) is 0 Å². The molecular weight excluding hydrogens is 304 g/mol. The van der Waals surface area contributed by atoms with Gasteiger partial charge >= 0.3 is 0 Å². The lowest BCUT2D eigenvalue weighted by Crippen LogP contribution is -2.16. The Hall–Kier alpha value is -0.700. The van der Waals surface area contributed by atoms with Gasteiger partial charge < -0.3 is 9.47 Å². The van der Waals surface area contributed by atoms with E-state index in [2.05, 4.69) is 22.0 Å². The molecule has 4 atom stereocenters. The second kappa shape index (κ2) is 5.35. The maximum atomic E-state index is 5.54. The summed E-state index contributed by atoms with van der Waals surface area (Å²) in [5, 5.41) is 0. The summed E-state index contributed by atoms with van der Waals surface area (Å²) in [7, 11) is 3.43. The van der Waals surface area contributed by atoms with Crippen LogP contribution in [0.4, 0.5) is 0 Å². The molecule has 0 amide bonds. The molecule has 2 saturated carbocycles. The van der Waals surface area contributed by atoms with Crippen molar-refractivity contribution in [3.8, 4) is 11.5 Å². The number of methoxy groups -OCH3 is 2. The molecule has 2 nitrogen and oxygen atoms in total. The molecular formula is C16H21BrO2. The Kier molecular flexibility index (Phi) is 3.75. The Morgan fingerprint density at radius 3 is 2.58 bits per heavy atom. The van der Waals surface area contributed by atoms with Crippen LogP contribution in [-0.4, -0.2) is 14.2 Å². The molecule has 2 aliphatic carbocycles. The molecule has 1 aromatic carbocycles. The van der Waals surface area contributed by atoms with E-state index in [0.29, 0.717) is 4.83 Å². The third-order valence-electron chi connectivity index (χ3n) is 4.91. The number of rotatable bonds is 4. The van der Waals surface area contributed by atoms with Gasteiger partial charge in [0, 0.05) is 16.5 Å². The van der Waals surface area contributed by atoms with E-state index in [1.54, 1.807) is 14.2 Å². The number of alkyl halides is 1. The minimum atomic E-state index is 0.406. The van der Waals surface area contributed by atoms with E-state index < -0.39 is 0 Å². The van der Waals surface area contributed by atoms with Gasteiger partial charge in [0.05, 0.1) is 14.2 Å². The van der Waals surface area contributed by atoms with Gasteiger partial charge in [-0.15, -0.1) is 0 Å². The summed E-state index contributed by atoms with van der Waals surface area (Å²) in [5.41, 5.74) is 1.26.